The molecule has 1 rings (SSSR count). The number of halogens is 1. The van der Waals surface area contributed by atoms with Crippen LogP contribution in [0.25, 0.3) is 0 Å². The van der Waals surface area contributed by atoms with Gasteiger partial charge in [0.25, 0.3) is 0 Å². The molecule has 0 aliphatic carbocycles. The van der Waals surface area contributed by atoms with Crippen molar-refractivity contribution in [3.05, 3.63) is 28.2 Å². The fraction of sp³-hybridized carbons (Fsp3) is 0.462. The molecule has 0 aliphatic rings. The number of aromatic carboxylic acids is 1. The van der Waals surface area contributed by atoms with E-state index in [4.69, 9.17) is 9.84 Å². The van der Waals surface area contributed by atoms with Gasteiger partial charge in [0.1, 0.15) is 0 Å². The van der Waals surface area contributed by atoms with Crippen molar-refractivity contribution in [1.29, 1.82) is 0 Å². The van der Waals surface area contributed by atoms with Crippen LogP contribution in [-0.4, -0.2) is 39.3 Å². The number of carboxylic acid groups (broad SMARTS) is 1. The summed E-state index contributed by atoms with van der Waals surface area (Å²) in [6.07, 6.45) is 1.50. The van der Waals surface area contributed by atoms with Crippen LogP contribution in [0, 0.1) is 0 Å². The molecular formula is C13H18BrNO5S. The molecule has 1 aromatic carbocycles. The lowest BCUT2D eigenvalue weighted by atomic mass is 10.2. The lowest BCUT2D eigenvalue weighted by Gasteiger charge is -2.09. The summed E-state index contributed by atoms with van der Waals surface area (Å²) in [7, 11) is -3.67. The number of rotatable bonds is 9. The monoisotopic (exact) mass is 379 g/mol. The molecule has 0 saturated heterocycles. The van der Waals surface area contributed by atoms with Gasteiger partial charge in [0.05, 0.1) is 10.5 Å². The van der Waals surface area contributed by atoms with Crippen LogP contribution in [0.4, 0.5) is 0 Å². The van der Waals surface area contributed by atoms with Gasteiger partial charge < -0.3 is 9.84 Å². The largest absolute Gasteiger partial charge is 0.478 e. The van der Waals surface area contributed by atoms with E-state index in [9.17, 15) is 13.2 Å². The molecule has 0 fully saturated rings. The molecule has 0 unspecified atom stereocenters. The van der Waals surface area contributed by atoms with Crippen molar-refractivity contribution in [2.45, 2.75) is 24.7 Å². The molecule has 0 aliphatic heterocycles. The molecule has 0 atom stereocenters. The highest BCUT2D eigenvalue weighted by Crippen LogP contribution is 2.23. The predicted octanol–water partition coefficient (Wildman–Crippen LogP) is 2.24. The van der Waals surface area contributed by atoms with Crippen molar-refractivity contribution in [3.63, 3.8) is 0 Å². The van der Waals surface area contributed by atoms with Gasteiger partial charge in [0, 0.05) is 24.2 Å². The number of nitrogens with one attached hydrogen (secondary N) is 1. The van der Waals surface area contributed by atoms with Gasteiger partial charge in [-0.2, -0.15) is 0 Å². The number of ether oxygens (including phenoxy) is 1. The Labute approximate surface area is 132 Å². The fourth-order valence-corrected chi connectivity index (χ4v) is 3.71. The highest BCUT2D eigenvalue weighted by atomic mass is 79.9. The normalized spacial score (nSPS) is 11.5. The average molecular weight is 380 g/mol. The number of carboxylic acids is 1. The van der Waals surface area contributed by atoms with E-state index in [0.717, 1.165) is 6.42 Å². The van der Waals surface area contributed by atoms with E-state index >= 15 is 0 Å². The first-order valence-electron chi connectivity index (χ1n) is 6.48. The quantitative estimate of drug-likeness (QED) is 0.641. The molecule has 2 N–H and O–H groups in total. The molecule has 21 heavy (non-hydrogen) atoms. The Balaban J connectivity index is 2.64. The van der Waals surface area contributed by atoms with Crippen LogP contribution in [-0.2, 0) is 14.8 Å². The maximum atomic E-state index is 12.1. The summed E-state index contributed by atoms with van der Waals surface area (Å²) in [5.74, 6) is -1.11. The molecule has 0 amide bonds. The number of hydrogen-bond donors (Lipinski definition) is 2. The fourth-order valence-electron chi connectivity index (χ4n) is 1.56. The van der Waals surface area contributed by atoms with Crippen molar-refractivity contribution in [1.82, 2.24) is 4.72 Å². The summed E-state index contributed by atoms with van der Waals surface area (Å²) in [4.78, 5) is 10.8. The Hall–Kier alpha value is -0.960. The Morgan fingerprint density at radius 1 is 1.38 bits per heavy atom. The van der Waals surface area contributed by atoms with Crippen LogP contribution in [0.5, 0.6) is 0 Å². The molecule has 0 heterocycles. The Kier molecular flexibility index (Phi) is 7.30. The zero-order valence-electron chi connectivity index (χ0n) is 11.6. The molecule has 8 heteroatoms. The molecular weight excluding hydrogens is 362 g/mol. The van der Waals surface area contributed by atoms with E-state index in [1.165, 1.54) is 18.2 Å². The van der Waals surface area contributed by atoms with E-state index in [1.807, 2.05) is 6.92 Å². The minimum absolute atomic E-state index is 0.0157. The second kappa shape index (κ2) is 8.47. The Morgan fingerprint density at radius 3 is 2.67 bits per heavy atom. The maximum Gasteiger partial charge on any atom is 0.335 e. The van der Waals surface area contributed by atoms with Gasteiger partial charge in [0.2, 0.25) is 10.0 Å². The minimum atomic E-state index is -3.67. The zero-order valence-corrected chi connectivity index (χ0v) is 14.0. The molecule has 0 radical (unpaired) electrons. The topological polar surface area (TPSA) is 92.7 Å². The van der Waals surface area contributed by atoms with Crippen molar-refractivity contribution < 1.29 is 23.1 Å². The first-order chi connectivity index (χ1) is 9.88. The van der Waals surface area contributed by atoms with Crippen LogP contribution >= 0.6 is 15.9 Å². The summed E-state index contributed by atoms with van der Waals surface area (Å²) in [5.41, 5.74) is 0.0220. The molecule has 0 spiro atoms. The van der Waals surface area contributed by atoms with Crippen LogP contribution in [0.15, 0.2) is 27.6 Å². The summed E-state index contributed by atoms with van der Waals surface area (Å²) in [6, 6.07) is 3.79. The first-order valence-corrected chi connectivity index (χ1v) is 8.76. The molecule has 1 aromatic rings. The summed E-state index contributed by atoms with van der Waals surface area (Å²) in [5, 5.41) is 8.85. The van der Waals surface area contributed by atoms with E-state index < -0.39 is 16.0 Å². The molecule has 0 aromatic heterocycles. The zero-order chi connectivity index (χ0) is 15.9. The average Bonchev–Trinajstić information content (AvgIpc) is 2.42. The minimum Gasteiger partial charge on any atom is -0.478 e. The predicted molar refractivity (Wildman–Crippen MR) is 82.0 cm³/mol. The van der Waals surface area contributed by atoms with Gasteiger partial charge in [-0.25, -0.2) is 17.9 Å². The molecule has 0 saturated carbocycles. The summed E-state index contributed by atoms with van der Waals surface area (Å²) in [6.45, 7) is 3.42. The van der Waals surface area contributed by atoms with Gasteiger partial charge in [-0.15, -0.1) is 0 Å². The smallest absolute Gasteiger partial charge is 0.335 e. The van der Waals surface area contributed by atoms with Gasteiger partial charge >= 0.3 is 5.97 Å². The number of carbonyl (C=O) groups is 1. The summed E-state index contributed by atoms with van der Waals surface area (Å²) < 4.78 is 32.1. The van der Waals surface area contributed by atoms with E-state index in [0.29, 0.717) is 19.6 Å². The van der Waals surface area contributed by atoms with E-state index in [-0.39, 0.29) is 21.5 Å². The molecule has 0 bridgehead atoms. The maximum absolute atomic E-state index is 12.1. The van der Waals surface area contributed by atoms with E-state index in [1.54, 1.807) is 0 Å². The SMILES string of the molecule is CCCOCCCNS(=O)(=O)c1ccc(C(=O)O)cc1Br. The second-order valence-electron chi connectivity index (χ2n) is 4.31. The van der Waals surface area contributed by atoms with Crippen LogP contribution in [0.2, 0.25) is 0 Å². The van der Waals surface area contributed by atoms with Gasteiger partial charge in [-0.05, 0) is 47.0 Å². The highest BCUT2D eigenvalue weighted by molar-refractivity contribution is 9.10. The Morgan fingerprint density at radius 2 is 2.10 bits per heavy atom. The lowest BCUT2D eigenvalue weighted by molar-refractivity contribution is 0.0696. The van der Waals surface area contributed by atoms with Crippen molar-refractivity contribution in [3.8, 4) is 0 Å². The number of hydrogen-bond acceptors (Lipinski definition) is 4. The third-order valence-corrected chi connectivity index (χ3v) is 5.01. The molecule has 6 nitrogen and oxygen atoms in total. The van der Waals surface area contributed by atoms with Gasteiger partial charge in [-0.3, -0.25) is 0 Å². The van der Waals surface area contributed by atoms with Crippen LogP contribution < -0.4 is 4.72 Å². The van der Waals surface area contributed by atoms with Crippen LogP contribution in [0.3, 0.4) is 0 Å². The van der Waals surface area contributed by atoms with Crippen LogP contribution in [0.1, 0.15) is 30.1 Å². The lowest BCUT2D eigenvalue weighted by Crippen LogP contribution is -2.26. The number of sulfonamides is 1. The van der Waals surface area contributed by atoms with Crippen molar-refractivity contribution in [2.24, 2.45) is 0 Å². The van der Waals surface area contributed by atoms with Crippen molar-refractivity contribution in [2.75, 3.05) is 19.8 Å². The third kappa shape index (κ3) is 5.74. The van der Waals surface area contributed by atoms with Gasteiger partial charge in [0.15, 0.2) is 0 Å². The van der Waals surface area contributed by atoms with Crippen molar-refractivity contribution >= 4 is 31.9 Å². The number of benzene rings is 1. The first kappa shape index (κ1) is 18.1. The van der Waals surface area contributed by atoms with Gasteiger partial charge in [-0.1, -0.05) is 6.92 Å². The summed E-state index contributed by atoms with van der Waals surface area (Å²) >= 11 is 3.09. The second-order valence-corrected chi connectivity index (χ2v) is 6.90. The highest BCUT2D eigenvalue weighted by Gasteiger charge is 2.18. The van der Waals surface area contributed by atoms with E-state index in [2.05, 4.69) is 20.7 Å². The molecule has 118 valence electrons. The Bertz CT molecular complexity index is 588. The third-order valence-electron chi connectivity index (χ3n) is 2.57. The standard InChI is InChI=1S/C13H18BrNO5S/c1-2-7-20-8-3-6-15-21(18,19)12-5-4-10(13(16)17)9-11(12)14/h4-5,9,15H,2-3,6-8H2,1H3,(H,16,17).